The topological polar surface area (TPSA) is 39.7 Å². The Morgan fingerprint density at radius 2 is 1.94 bits per heavy atom. The molecule has 0 amide bonds. The highest BCUT2D eigenvalue weighted by molar-refractivity contribution is 5.43. The van der Waals surface area contributed by atoms with Gasteiger partial charge in [0.05, 0.1) is 26.9 Å². The van der Waals surface area contributed by atoms with E-state index in [0.29, 0.717) is 6.61 Å². The lowest BCUT2D eigenvalue weighted by atomic mass is 10.0. The van der Waals surface area contributed by atoms with E-state index in [-0.39, 0.29) is 11.6 Å². The Labute approximate surface area is 108 Å². The van der Waals surface area contributed by atoms with Gasteiger partial charge in [0.2, 0.25) is 0 Å². The highest BCUT2D eigenvalue weighted by Crippen LogP contribution is 2.32. The molecule has 1 N–H and O–H groups in total. The number of morpholine rings is 1. The van der Waals surface area contributed by atoms with Gasteiger partial charge in [0.1, 0.15) is 0 Å². The summed E-state index contributed by atoms with van der Waals surface area (Å²) in [5, 5.41) is 3.48. The molecule has 1 unspecified atom stereocenters. The van der Waals surface area contributed by atoms with Crippen LogP contribution in [0.4, 0.5) is 0 Å². The van der Waals surface area contributed by atoms with E-state index in [2.05, 4.69) is 19.2 Å². The van der Waals surface area contributed by atoms with Crippen LogP contribution in [-0.4, -0.2) is 32.9 Å². The molecule has 100 valence electrons. The first-order valence-corrected chi connectivity index (χ1v) is 6.14. The molecule has 4 nitrogen and oxygen atoms in total. The van der Waals surface area contributed by atoms with Crippen molar-refractivity contribution in [2.75, 3.05) is 27.4 Å². The van der Waals surface area contributed by atoms with Gasteiger partial charge in [0.15, 0.2) is 11.5 Å². The Kier molecular flexibility index (Phi) is 3.78. The molecule has 1 aliphatic rings. The number of ether oxygens (including phenoxy) is 3. The molecule has 1 heterocycles. The van der Waals surface area contributed by atoms with E-state index in [1.54, 1.807) is 14.2 Å². The predicted molar refractivity (Wildman–Crippen MR) is 70.3 cm³/mol. The largest absolute Gasteiger partial charge is 0.493 e. The van der Waals surface area contributed by atoms with Crippen LogP contribution in [0.2, 0.25) is 0 Å². The highest BCUT2D eigenvalue weighted by Gasteiger charge is 2.28. The molecule has 4 heteroatoms. The van der Waals surface area contributed by atoms with Gasteiger partial charge in [-0.25, -0.2) is 0 Å². The maximum absolute atomic E-state index is 5.89. The lowest BCUT2D eigenvalue weighted by Gasteiger charge is -2.36. The molecule has 0 spiro atoms. The molecule has 18 heavy (non-hydrogen) atoms. The van der Waals surface area contributed by atoms with Gasteiger partial charge in [-0.1, -0.05) is 6.07 Å². The van der Waals surface area contributed by atoms with E-state index in [1.807, 2.05) is 18.2 Å². The maximum atomic E-state index is 5.89. The third kappa shape index (κ3) is 2.76. The summed E-state index contributed by atoms with van der Waals surface area (Å²) in [7, 11) is 3.28. The van der Waals surface area contributed by atoms with Crippen molar-refractivity contribution in [2.24, 2.45) is 0 Å². The lowest BCUT2D eigenvalue weighted by Crippen LogP contribution is -2.50. The van der Waals surface area contributed by atoms with E-state index in [0.717, 1.165) is 23.6 Å². The fraction of sp³-hybridized carbons (Fsp3) is 0.571. The van der Waals surface area contributed by atoms with Crippen molar-refractivity contribution < 1.29 is 14.2 Å². The minimum absolute atomic E-state index is 0.0487. The van der Waals surface area contributed by atoms with Crippen LogP contribution in [-0.2, 0) is 4.74 Å². The fourth-order valence-corrected chi connectivity index (χ4v) is 2.06. The van der Waals surface area contributed by atoms with E-state index < -0.39 is 0 Å². The number of hydrogen-bond acceptors (Lipinski definition) is 4. The summed E-state index contributed by atoms with van der Waals surface area (Å²) in [4.78, 5) is 0. The van der Waals surface area contributed by atoms with Crippen molar-refractivity contribution in [1.29, 1.82) is 0 Å². The van der Waals surface area contributed by atoms with Gasteiger partial charge in [0, 0.05) is 12.1 Å². The average molecular weight is 251 g/mol. The van der Waals surface area contributed by atoms with Crippen LogP contribution in [0.25, 0.3) is 0 Å². The molecular formula is C14H21NO3. The standard InChI is InChI=1S/C14H21NO3/c1-14(2)9-18-13(8-15-14)10-5-6-11(16-3)12(7-10)17-4/h5-7,13,15H,8-9H2,1-4H3. The molecule has 1 aliphatic heterocycles. The van der Waals surface area contributed by atoms with Crippen molar-refractivity contribution in [3.05, 3.63) is 23.8 Å². The molecule has 0 bridgehead atoms. The Morgan fingerprint density at radius 3 is 2.50 bits per heavy atom. The SMILES string of the molecule is COc1ccc(C2CNC(C)(C)CO2)cc1OC. The van der Waals surface area contributed by atoms with Crippen LogP contribution in [0.1, 0.15) is 25.5 Å². The zero-order chi connectivity index (χ0) is 13.2. The third-order valence-corrected chi connectivity index (χ3v) is 3.19. The van der Waals surface area contributed by atoms with Crippen LogP contribution < -0.4 is 14.8 Å². The zero-order valence-electron chi connectivity index (χ0n) is 11.4. The van der Waals surface area contributed by atoms with Gasteiger partial charge in [-0.05, 0) is 31.5 Å². The minimum Gasteiger partial charge on any atom is -0.493 e. The van der Waals surface area contributed by atoms with Crippen LogP contribution in [0, 0.1) is 0 Å². The number of benzene rings is 1. The highest BCUT2D eigenvalue weighted by atomic mass is 16.5. The van der Waals surface area contributed by atoms with Crippen LogP contribution in [0.3, 0.4) is 0 Å². The van der Waals surface area contributed by atoms with Crippen molar-refractivity contribution >= 4 is 0 Å². The van der Waals surface area contributed by atoms with Crippen LogP contribution in [0.5, 0.6) is 11.5 Å². The van der Waals surface area contributed by atoms with Gasteiger partial charge in [-0.2, -0.15) is 0 Å². The molecule has 1 saturated heterocycles. The van der Waals surface area contributed by atoms with Gasteiger partial charge in [-0.3, -0.25) is 0 Å². The summed E-state index contributed by atoms with van der Waals surface area (Å²) in [6.45, 7) is 5.78. The fourth-order valence-electron chi connectivity index (χ4n) is 2.06. The second kappa shape index (κ2) is 5.16. The number of rotatable bonds is 3. The molecule has 1 aromatic rings. The molecule has 0 aliphatic carbocycles. The van der Waals surface area contributed by atoms with Gasteiger partial charge < -0.3 is 19.5 Å². The first-order valence-electron chi connectivity index (χ1n) is 6.14. The predicted octanol–water partition coefficient (Wildman–Crippen LogP) is 2.14. The Hall–Kier alpha value is -1.26. The summed E-state index contributed by atoms with van der Waals surface area (Å²) in [5.41, 5.74) is 1.16. The second-order valence-electron chi connectivity index (χ2n) is 5.18. The summed E-state index contributed by atoms with van der Waals surface area (Å²) in [6, 6.07) is 5.91. The van der Waals surface area contributed by atoms with Crippen molar-refractivity contribution in [1.82, 2.24) is 5.32 Å². The molecule has 0 saturated carbocycles. The molecule has 1 atom stereocenters. The summed E-state index contributed by atoms with van der Waals surface area (Å²) in [5.74, 6) is 1.48. The van der Waals surface area contributed by atoms with Gasteiger partial charge >= 0.3 is 0 Å². The second-order valence-corrected chi connectivity index (χ2v) is 5.18. The first kappa shape index (κ1) is 13.2. The van der Waals surface area contributed by atoms with Crippen molar-refractivity contribution in [2.45, 2.75) is 25.5 Å². The molecule has 0 aromatic heterocycles. The molecule has 1 fully saturated rings. The molecule has 0 radical (unpaired) electrons. The molecule has 1 aromatic carbocycles. The van der Waals surface area contributed by atoms with E-state index >= 15 is 0 Å². The normalized spacial score (nSPS) is 22.6. The smallest absolute Gasteiger partial charge is 0.161 e. The third-order valence-electron chi connectivity index (χ3n) is 3.19. The Balaban J connectivity index is 2.15. The quantitative estimate of drug-likeness (QED) is 0.893. The van der Waals surface area contributed by atoms with E-state index in [1.165, 1.54) is 0 Å². The summed E-state index contributed by atoms with van der Waals surface area (Å²) < 4.78 is 16.4. The van der Waals surface area contributed by atoms with Crippen LogP contribution in [0.15, 0.2) is 18.2 Å². The monoisotopic (exact) mass is 251 g/mol. The van der Waals surface area contributed by atoms with Crippen LogP contribution >= 0.6 is 0 Å². The first-order chi connectivity index (χ1) is 8.55. The van der Waals surface area contributed by atoms with Gasteiger partial charge in [-0.15, -0.1) is 0 Å². The minimum atomic E-state index is 0.0487. The Bertz CT molecular complexity index is 408. The average Bonchev–Trinajstić information content (AvgIpc) is 2.38. The molecular weight excluding hydrogens is 230 g/mol. The summed E-state index contributed by atoms with van der Waals surface area (Å²) in [6.07, 6.45) is 0.0674. The van der Waals surface area contributed by atoms with Gasteiger partial charge in [0.25, 0.3) is 0 Å². The lowest BCUT2D eigenvalue weighted by molar-refractivity contribution is -0.0229. The van der Waals surface area contributed by atoms with Crippen molar-refractivity contribution in [3.8, 4) is 11.5 Å². The maximum Gasteiger partial charge on any atom is 0.161 e. The summed E-state index contributed by atoms with van der Waals surface area (Å²) >= 11 is 0. The van der Waals surface area contributed by atoms with E-state index in [9.17, 15) is 0 Å². The Morgan fingerprint density at radius 1 is 1.22 bits per heavy atom. The molecule has 2 rings (SSSR count). The number of hydrogen-bond donors (Lipinski definition) is 1. The zero-order valence-corrected chi connectivity index (χ0v) is 11.4. The van der Waals surface area contributed by atoms with Crippen molar-refractivity contribution in [3.63, 3.8) is 0 Å². The number of nitrogens with one attached hydrogen (secondary N) is 1. The van der Waals surface area contributed by atoms with E-state index in [4.69, 9.17) is 14.2 Å². The number of methoxy groups -OCH3 is 2.